The van der Waals surface area contributed by atoms with Crippen LogP contribution in [0.25, 0.3) is 10.8 Å². The lowest BCUT2D eigenvalue weighted by Crippen LogP contribution is -2.16. The Morgan fingerprint density at radius 2 is 1.80 bits per heavy atom. The molecule has 20 heavy (non-hydrogen) atoms. The van der Waals surface area contributed by atoms with Crippen molar-refractivity contribution < 1.29 is 4.39 Å². The lowest BCUT2D eigenvalue weighted by atomic mass is 9.95. The predicted octanol–water partition coefficient (Wildman–Crippen LogP) is 4.55. The Bertz CT molecular complexity index is 550. The van der Waals surface area contributed by atoms with E-state index in [1.54, 1.807) is 6.07 Å². The molecule has 2 heteroatoms. The number of rotatable bonds is 7. The molecule has 1 atom stereocenters. The summed E-state index contributed by atoms with van der Waals surface area (Å²) >= 11 is 0. The second-order valence-corrected chi connectivity index (χ2v) is 5.54. The molecule has 2 rings (SSSR count). The minimum Gasteiger partial charge on any atom is -0.317 e. The highest BCUT2D eigenvalue weighted by Crippen LogP contribution is 2.24. The molecule has 0 radical (unpaired) electrons. The number of halogens is 1. The molecule has 0 aromatic heterocycles. The first-order valence-corrected chi connectivity index (χ1v) is 7.59. The van der Waals surface area contributed by atoms with Crippen molar-refractivity contribution in [2.75, 3.05) is 13.1 Å². The van der Waals surface area contributed by atoms with E-state index < -0.39 is 0 Å². The zero-order chi connectivity index (χ0) is 14.4. The molecule has 1 unspecified atom stereocenters. The fourth-order valence-electron chi connectivity index (χ4n) is 2.61. The highest BCUT2D eigenvalue weighted by molar-refractivity contribution is 5.86. The van der Waals surface area contributed by atoms with E-state index in [1.165, 1.54) is 12.0 Å². The van der Waals surface area contributed by atoms with Crippen LogP contribution >= 0.6 is 0 Å². The van der Waals surface area contributed by atoms with Gasteiger partial charge in [-0.2, -0.15) is 0 Å². The van der Waals surface area contributed by atoms with Crippen molar-refractivity contribution in [3.63, 3.8) is 0 Å². The Kier molecular flexibility index (Phi) is 5.54. The first kappa shape index (κ1) is 15.0. The average molecular weight is 273 g/mol. The lowest BCUT2D eigenvalue weighted by Gasteiger charge is -2.13. The summed E-state index contributed by atoms with van der Waals surface area (Å²) in [6.45, 7) is 6.55. The van der Waals surface area contributed by atoms with Crippen molar-refractivity contribution in [1.29, 1.82) is 0 Å². The fraction of sp³-hybridized carbons (Fsp3) is 0.444. The summed E-state index contributed by atoms with van der Waals surface area (Å²) in [5.74, 6) is 0.572. The molecule has 1 N–H and O–H groups in total. The third kappa shape index (κ3) is 3.80. The molecule has 0 aliphatic heterocycles. The average Bonchev–Trinajstić information content (AvgIpc) is 2.47. The van der Waals surface area contributed by atoms with Crippen LogP contribution in [0.2, 0.25) is 0 Å². The Labute approximate surface area is 121 Å². The van der Waals surface area contributed by atoms with Gasteiger partial charge in [0.25, 0.3) is 0 Å². The summed E-state index contributed by atoms with van der Waals surface area (Å²) in [6.07, 6.45) is 3.38. The smallest absolute Gasteiger partial charge is 0.131 e. The van der Waals surface area contributed by atoms with E-state index >= 15 is 0 Å². The van der Waals surface area contributed by atoms with Gasteiger partial charge in [-0.25, -0.2) is 4.39 Å². The molecule has 0 heterocycles. The van der Waals surface area contributed by atoms with Gasteiger partial charge in [-0.1, -0.05) is 44.2 Å². The minimum atomic E-state index is -0.121. The maximum Gasteiger partial charge on any atom is 0.131 e. The van der Waals surface area contributed by atoms with Crippen LogP contribution in [-0.2, 0) is 6.42 Å². The van der Waals surface area contributed by atoms with Crippen LogP contribution in [0.15, 0.2) is 36.4 Å². The van der Waals surface area contributed by atoms with Gasteiger partial charge in [0.15, 0.2) is 0 Å². The third-order valence-electron chi connectivity index (χ3n) is 3.93. The Balaban J connectivity index is 2.01. The monoisotopic (exact) mass is 273 g/mol. The number of nitrogens with one attached hydrogen (secondary N) is 1. The van der Waals surface area contributed by atoms with E-state index in [1.807, 2.05) is 30.3 Å². The molecule has 2 aromatic rings. The van der Waals surface area contributed by atoms with Gasteiger partial charge in [0, 0.05) is 5.39 Å². The van der Waals surface area contributed by atoms with Crippen molar-refractivity contribution in [1.82, 2.24) is 5.32 Å². The van der Waals surface area contributed by atoms with E-state index in [4.69, 9.17) is 0 Å². The van der Waals surface area contributed by atoms with Gasteiger partial charge in [-0.05, 0) is 55.3 Å². The number of benzene rings is 2. The van der Waals surface area contributed by atoms with E-state index in [-0.39, 0.29) is 5.82 Å². The summed E-state index contributed by atoms with van der Waals surface area (Å²) in [6, 6.07) is 11.3. The number of aryl methyl sites for hydroxylation is 1. The van der Waals surface area contributed by atoms with Gasteiger partial charge >= 0.3 is 0 Å². The van der Waals surface area contributed by atoms with Gasteiger partial charge in [0.05, 0.1) is 0 Å². The Morgan fingerprint density at radius 1 is 1.05 bits per heavy atom. The molecule has 1 nitrogen and oxygen atoms in total. The molecular weight excluding hydrogens is 249 g/mol. The van der Waals surface area contributed by atoms with Crippen molar-refractivity contribution in [3.05, 3.63) is 47.8 Å². The summed E-state index contributed by atoms with van der Waals surface area (Å²) in [4.78, 5) is 0. The second-order valence-electron chi connectivity index (χ2n) is 5.54. The zero-order valence-electron chi connectivity index (χ0n) is 12.5. The number of fused-ring (bicyclic) bond motifs is 1. The topological polar surface area (TPSA) is 12.0 Å². The molecule has 0 amide bonds. The van der Waals surface area contributed by atoms with Gasteiger partial charge in [0.1, 0.15) is 5.82 Å². The van der Waals surface area contributed by atoms with Crippen molar-refractivity contribution >= 4 is 10.8 Å². The Morgan fingerprint density at radius 3 is 2.55 bits per heavy atom. The molecule has 2 aromatic carbocycles. The molecule has 108 valence electrons. The molecule has 0 aliphatic rings. The summed E-state index contributed by atoms with van der Waals surface area (Å²) in [7, 11) is 0. The van der Waals surface area contributed by atoms with Crippen molar-refractivity contribution in [2.24, 2.45) is 5.92 Å². The highest BCUT2D eigenvalue weighted by atomic mass is 19.1. The van der Waals surface area contributed by atoms with E-state index in [0.717, 1.165) is 36.7 Å². The Hall–Kier alpha value is -1.41. The minimum absolute atomic E-state index is 0.121. The molecular formula is C18H24FN. The quantitative estimate of drug-likeness (QED) is 0.730. The van der Waals surface area contributed by atoms with Crippen LogP contribution in [0.3, 0.4) is 0 Å². The van der Waals surface area contributed by atoms with Crippen LogP contribution in [0.1, 0.15) is 32.3 Å². The highest BCUT2D eigenvalue weighted by Gasteiger charge is 2.07. The molecule has 0 saturated heterocycles. The van der Waals surface area contributed by atoms with Crippen LogP contribution < -0.4 is 5.32 Å². The van der Waals surface area contributed by atoms with Crippen molar-refractivity contribution in [3.8, 4) is 0 Å². The SMILES string of the molecule is CCNCCC(C)CCc1ccc(F)c2ccccc12. The van der Waals surface area contributed by atoms with Gasteiger partial charge < -0.3 is 5.32 Å². The van der Waals surface area contributed by atoms with Gasteiger partial charge in [-0.3, -0.25) is 0 Å². The van der Waals surface area contributed by atoms with E-state index in [9.17, 15) is 4.39 Å². The van der Waals surface area contributed by atoms with E-state index in [0.29, 0.717) is 5.92 Å². The molecule has 0 aliphatic carbocycles. The molecule has 0 bridgehead atoms. The van der Waals surface area contributed by atoms with Crippen LogP contribution in [0, 0.1) is 11.7 Å². The maximum atomic E-state index is 13.8. The zero-order valence-corrected chi connectivity index (χ0v) is 12.5. The second kappa shape index (κ2) is 7.39. The van der Waals surface area contributed by atoms with Crippen LogP contribution in [-0.4, -0.2) is 13.1 Å². The van der Waals surface area contributed by atoms with Crippen LogP contribution in [0.5, 0.6) is 0 Å². The largest absolute Gasteiger partial charge is 0.317 e. The normalized spacial score (nSPS) is 12.8. The number of hydrogen-bond donors (Lipinski definition) is 1. The first-order valence-electron chi connectivity index (χ1n) is 7.59. The summed E-state index contributed by atoms with van der Waals surface area (Å²) < 4.78 is 13.8. The predicted molar refractivity (Wildman–Crippen MR) is 84.6 cm³/mol. The molecule has 0 saturated carbocycles. The number of hydrogen-bond acceptors (Lipinski definition) is 1. The van der Waals surface area contributed by atoms with Crippen LogP contribution in [0.4, 0.5) is 4.39 Å². The van der Waals surface area contributed by atoms with Gasteiger partial charge in [0.2, 0.25) is 0 Å². The van der Waals surface area contributed by atoms with Crippen molar-refractivity contribution in [2.45, 2.75) is 33.1 Å². The van der Waals surface area contributed by atoms with E-state index in [2.05, 4.69) is 19.2 Å². The molecule has 0 fully saturated rings. The first-order chi connectivity index (χ1) is 9.72. The third-order valence-corrected chi connectivity index (χ3v) is 3.93. The molecule has 0 spiro atoms. The fourth-order valence-corrected chi connectivity index (χ4v) is 2.61. The van der Waals surface area contributed by atoms with Gasteiger partial charge in [-0.15, -0.1) is 0 Å². The lowest BCUT2D eigenvalue weighted by molar-refractivity contribution is 0.475. The maximum absolute atomic E-state index is 13.8. The standard InChI is InChI=1S/C18H24FN/c1-3-20-13-12-14(2)8-9-15-10-11-18(19)17-7-5-4-6-16(15)17/h4-7,10-11,14,20H,3,8-9,12-13H2,1-2H3. The summed E-state index contributed by atoms with van der Waals surface area (Å²) in [5, 5.41) is 5.17. The summed E-state index contributed by atoms with van der Waals surface area (Å²) in [5.41, 5.74) is 1.26.